The van der Waals surface area contributed by atoms with Crippen LogP contribution < -0.4 is 10.4 Å². The molecule has 0 saturated carbocycles. The third-order valence-corrected chi connectivity index (χ3v) is 12.6. The van der Waals surface area contributed by atoms with Crippen molar-refractivity contribution in [2.45, 2.75) is 12.3 Å². The molecule has 3 aliphatic carbocycles. The molecule has 0 fully saturated rings. The fraction of sp³-hybridized carbons (Fsp3) is 0.0566. The first kappa shape index (κ1) is 29.8. The van der Waals surface area contributed by atoms with Crippen LogP contribution in [0.1, 0.15) is 23.6 Å². The van der Waals surface area contributed by atoms with Crippen molar-refractivity contribution in [2.24, 2.45) is 5.92 Å². The van der Waals surface area contributed by atoms with Crippen molar-refractivity contribution in [3.8, 4) is 22.3 Å². The highest BCUT2D eigenvalue weighted by Gasteiger charge is 2.47. The normalized spacial score (nSPS) is 18.3. The number of hydrogen-bond donors (Lipinski definition) is 0. The van der Waals surface area contributed by atoms with Crippen LogP contribution in [0, 0.1) is 5.92 Å². The highest BCUT2D eigenvalue weighted by atomic mass is 16.3. The lowest BCUT2D eigenvalue weighted by atomic mass is 9.55. The number of rotatable bonds is 2. The van der Waals surface area contributed by atoms with Crippen molar-refractivity contribution in [1.29, 1.82) is 0 Å². The van der Waals surface area contributed by atoms with Gasteiger partial charge < -0.3 is 4.42 Å². The number of hydrogen-bond acceptors (Lipinski definition) is 1. The standard InChI is InChI=1S/C53H34O/c1-53-48-21-11-10-18-42(48)40-16-6-8-19-44(40)52(53)45-20-9-7-17-41(45)46-29-34(23-27-49(46)53)36-25-26-37(39-15-5-4-14-38(36)39)35-22-24-43-47-28-32-12-2-3-13-33(32)30-51(47)54-50(43)31-35/h2-31,49H,1H3. The van der Waals surface area contributed by atoms with Crippen molar-refractivity contribution in [2.75, 3.05) is 0 Å². The molecule has 1 nitrogen and oxygen atoms in total. The van der Waals surface area contributed by atoms with Gasteiger partial charge in [0.15, 0.2) is 0 Å². The summed E-state index contributed by atoms with van der Waals surface area (Å²) in [6.45, 7) is 2.48. The van der Waals surface area contributed by atoms with Gasteiger partial charge in [0, 0.05) is 22.1 Å². The molecule has 0 amide bonds. The summed E-state index contributed by atoms with van der Waals surface area (Å²) in [6.07, 6.45) is 7.37. The Hall–Kier alpha value is -6.70. The van der Waals surface area contributed by atoms with Gasteiger partial charge in [-0.05, 0) is 118 Å². The molecule has 1 aromatic heterocycles. The largest absolute Gasteiger partial charge is 0.456 e. The van der Waals surface area contributed by atoms with Crippen LogP contribution in [0.4, 0.5) is 0 Å². The Labute approximate surface area is 313 Å². The summed E-state index contributed by atoms with van der Waals surface area (Å²) in [5.74, 6) is 0.194. The van der Waals surface area contributed by atoms with Crippen molar-refractivity contribution in [1.82, 2.24) is 0 Å². The van der Waals surface area contributed by atoms with Crippen LogP contribution in [0.2, 0.25) is 0 Å². The molecule has 252 valence electrons. The van der Waals surface area contributed by atoms with Gasteiger partial charge in [0.05, 0.1) is 0 Å². The highest BCUT2D eigenvalue weighted by molar-refractivity contribution is 6.12. The minimum Gasteiger partial charge on any atom is -0.456 e. The SMILES string of the molecule is CC12C(=c3ccccc3=C3C=C(c4ccc(-c5ccc6c(c5)oc5cc7ccccc7cc56)c5ccccc45)C=CC31)c1ccccc1-c1ccccc12. The smallest absolute Gasteiger partial charge is 0.136 e. The van der Waals surface area contributed by atoms with Crippen molar-refractivity contribution in [3.63, 3.8) is 0 Å². The minimum atomic E-state index is -0.221. The zero-order valence-electron chi connectivity index (χ0n) is 29.8. The third kappa shape index (κ3) is 3.99. The van der Waals surface area contributed by atoms with E-state index in [0.717, 1.165) is 27.5 Å². The van der Waals surface area contributed by atoms with E-state index in [1.54, 1.807) is 0 Å². The molecule has 3 aliphatic rings. The van der Waals surface area contributed by atoms with Crippen molar-refractivity contribution in [3.05, 3.63) is 209 Å². The lowest BCUT2D eigenvalue weighted by molar-refractivity contribution is 0.522. The van der Waals surface area contributed by atoms with Gasteiger partial charge in [0.25, 0.3) is 0 Å². The number of benzene rings is 8. The van der Waals surface area contributed by atoms with Gasteiger partial charge in [-0.25, -0.2) is 0 Å². The minimum absolute atomic E-state index is 0.194. The summed E-state index contributed by atoms with van der Waals surface area (Å²) in [6, 6.07) is 60.2. The molecule has 8 aromatic carbocycles. The molecule has 9 aromatic rings. The van der Waals surface area contributed by atoms with Crippen LogP contribution in [0.15, 0.2) is 186 Å². The van der Waals surface area contributed by atoms with E-state index in [2.05, 4.69) is 189 Å². The number of allylic oxidation sites excluding steroid dienone is 4. The molecule has 0 saturated heterocycles. The molecule has 2 unspecified atom stereocenters. The zero-order chi connectivity index (χ0) is 35.5. The molecule has 0 N–H and O–H groups in total. The second-order valence-corrected chi connectivity index (χ2v) is 15.3. The van der Waals surface area contributed by atoms with Crippen LogP contribution in [-0.2, 0) is 5.41 Å². The second kappa shape index (κ2) is 10.9. The lowest BCUT2D eigenvalue weighted by Crippen LogP contribution is -2.49. The molecular weight excluding hydrogens is 653 g/mol. The topological polar surface area (TPSA) is 13.1 Å². The Morgan fingerprint density at radius 1 is 0.481 bits per heavy atom. The van der Waals surface area contributed by atoms with Gasteiger partial charge in [0.1, 0.15) is 11.2 Å². The summed E-state index contributed by atoms with van der Waals surface area (Å²) in [7, 11) is 0. The van der Waals surface area contributed by atoms with E-state index in [1.807, 2.05) is 0 Å². The van der Waals surface area contributed by atoms with Crippen LogP contribution in [-0.4, -0.2) is 0 Å². The van der Waals surface area contributed by atoms with Gasteiger partial charge in [0.2, 0.25) is 0 Å². The monoisotopic (exact) mass is 686 g/mol. The first-order valence-electron chi connectivity index (χ1n) is 19.0. The third-order valence-electron chi connectivity index (χ3n) is 12.6. The van der Waals surface area contributed by atoms with Crippen LogP contribution in [0.5, 0.6) is 0 Å². The van der Waals surface area contributed by atoms with Crippen LogP contribution >= 0.6 is 0 Å². The average molecular weight is 687 g/mol. The Kier molecular flexibility index (Phi) is 6.03. The predicted molar refractivity (Wildman–Crippen MR) is 226 cm³/mol. The Morgan fingerprint density at radius 2 is 1.13 bits per heavy atom. The van der Waals surface area contributed by atoms with Gasteiger partial charge in [-0.2, -0.15) is 0 Å². The molecule has 2 atom stereocenters. The molecule has 1 heterocycles. The zero-order valence-corrected chi connectivity index (χ0v) is 29.8. The molecule has 12 rings (SSSR count). The quantitative estimate of drug-likeness (QED) is 0.176. The molecule has 0 radical (unpaired) electrons. The molecule has 1 heteroatoms. The molecule has 54 heavy (non-hydrogen) atoms. The van der Waals surface area contributed by atoms with Gasteiger partial charge in [-0.1, -0.05) is 159 Å². The Bertz CT molecular complexity index is 3300. The summed E-state index contributed by atoms with van der Waals surface area (Å²) in [5, 5.41) is 9.89. The van der Waals surface area contributed by atoms with E-state index in [-0.39, 0.29) is 11.3 Å². The summed E-state index contributed by atoms with van der Waals surface area (Å²) >= 11 is 0. The number of fused-ring (bicyclic) bond motifs is 14. The first-order chi connectivity index (χ1) is 26.6. The van der Waals surface area contributed by atoms with Gasteiger partial charge in [-0.15, -0.1) is 0 Å². The average Bonchev–Trinajstić information content (AvgIpc) is 3.59. The maximum Gasteiger partial charge on any atom is 0.136 e. The predicted octanol–water partition coefficient (Wildman–Crippen LogP) is 12.1. The van der Waals surface area contributed by atoms with E-state index in [9.17, 15) is 0 Å². The Balaban J connectivity index is 1.04. The van der Waals surface area contributed by atoms with E-state index in [0.29, 0.717) is 0 Å². The van der Waals surface area contributed by atoms with Gasteiger partial charge >= 0.3 is 0 Å². The van der Waals surface area contributed by atoms with E-state index < -0.39 is 0 Å². The number of furan rings is 1. The van der Waals surface area contributed by atoms with Gasteiger partial charge in [-0.3, -0.25) is 0 Å². The van der Waals surface area contributed by atoms with Crippen molar-refractivity contribution < 1.29 is 4.42 Å². The Morgan fingerprint density at radius 3 is 1.98 bits per heavy atom. The van der Waals surface area contributed by atoms with E-state index in [4.69, 9.17) is 4.42 Å². The first-order valence-corrected chi connectivity index (χ1v) is 19.0. The fourth-order valence-electron chi connectivity index (χ4n) is 10.2. The maximum atomic E-state index is 6.50. The summed E-state index contributed by atoms with van der Waals surface area (Å²) < 4.78 is 6.50. The molecule has 0 aliphatic heterocycles. The molecule has 0 bridgehead atoms. The maximum absolute atomic E-state index is 6.50. The summed E-state index contributed by atoms with van der Waals surface area (Å²) in [5.41, 5.74) is 14.7. The van der Waals surface area contributed by atoms with Crippen LogP contribution in [0.3, 0.4) is 0 Å². The molecular formula is C53H34O. The van der Waals surface area contributed by atoms with E-state index in [1.165, 1.54) is 82.1 Å². The van der Waals surface area contributed by atoms with Crippen LogP contribution in [0.25, 0.3) is 82.5 Å². The summed E-state index contributed by atoms with van der Waals surface area (Å²) in [4.78, 5) is 0. The lowest BCUT2D eigenvalue weighted by Gasteiger charge is -2.47. The highest BCUT2D eigenvalue weighted by Crippen LogP contribution is 2.56. The van der Waals surface area contributed by atoms with E-state index >= 15 is 0 Å². The second-order valence-electron chi connectivity index (χ2n) is 15.3. The fourth-order valence-corrected chi connectivity index (χ4v) is 10.2. The molecule has 0 spiro atoms. The van der Waals surface area contributed by atoms with Crippen molar-refractivity contribution >= 4 is 60.2 Å².